The summed E-state index contributed by atoms with van der Waals surface area (Å²) in [7, 11) is 2.15. The van der Waals surface area contributed by atoms with E-state index in [4.69, 9.17) is 4.42 Å². The molecule has 0 bridgehead atoms. The molecule has 0 spiro atoms. The summed E-state index contributed by atoms with van der Waals surface area (Å²) in [5.41, 5.74) is 15.3. The van der Waals surface area contributed by atoms with Crippen LogP contribution in [-0.2, 0) is 7.05 Å². The second kappa shape index (κ2) is 8.28. The molecule has 184 valence electrons. The Morgan fingerprint density at radius 3 is 1.69 bits per heavy atom. The van der Waals surface area contributed by atoms with Crippen LogP contribution in [0, 0.1) is 6.92 Å². The maximum atomic E-state index is 6.62. The van der Waals surface area contributed by atoms with Crippen LogP contribution in [0.5, 0.6) is 0 Å². The minimum Gasteiger partial charge on any atom is -0.455 e. The summed E-state index contributed by atoms with van der Waals surface area (Å²) in [5.74, 6) is 0. The average Bonchev–Trinajstić information content (AvgIpc) is 3.35. The number of rotatable bonds is 1. The number of benzene rings is 5. The van der Waals surface area contributed by atoms with Crippen molar-refractivity contribution in [2.24, 2.45) is 7.05 Å². The van der Waals surface area contributed by atoms with Gasteiger partial charge in [0.2, 0.25) is 5.69 Å². The van der Waals surface area contributed by atoms with Crippen LogP contribution in [0.4, 0.5) is 0 Å². The first-order valence-electron chi connectivity index (χ1n) is 13.4. The van der Waals surface area contributed by atoms with E-state index in [-0.39, 0.29) is 0 Å². The van der Waals surface area contributed by atoms with Crippen molar-refractivity contribution in [1.29, 1.82) is 0 Å². The summed E-state index contributed by atoms with van der Waals surface area (Å²) >= 11 is 0. The Balaban J connectivity index is 1.58. The van der Waals surface area contributed by atoms with Gasteiger partial charge in [0.05, 0.1) is 11.1 Å². The first kappa shape index (κ1) is 22.1. The van der Waals surface area contributed by atoms with Gasteiger partial charge >= 0.3 is 0 Å². The average molecular weight is 501 g/mol. The molecule has 0 saturated heterocycles. The molecule has 5 aromatic carbocycles. The maximum absolute atomic E-state index is 6.62. The van der Waals surface area contributed by atoms with Crippen molar-refractivity contribution in [2.75, 3.05) is 0 Å². The number of hydrogen-bond donors (Lipinski definition) is 0. The van der Waals surface area contributed by atoms with Crippen LogP contribution in [0.1, 0.15) is 5.56 Å². The van der Waals surface area contributed by atoms with Crippen LogP contribution < -0.4 is 4.57 Å². The fraction of sp³-hybridized carbons (Fsp3) is 0.0541. The second-order valence-electron chi connectivity index (χ2n) is 10.4. The standard InChI is InChI=1S/C37H26NO/c1-23-19-20-32-29-16-9-10-18-33(29)39-37(32)34(23)36-35-30-17-8-7-14-27(30)25-12-4-3-11-24(25)26-13-5-6-15-28(26)31(35)21-22-38(36)2/h3-22H,1-2H3/q+1. The lowest BCUT2D eigenvalue weighted by molar-refractivity contribution is -0.659. The molecule has 1 aliphatic carbocycles. The zero-order valence-corrected chi connectivity index (χ0v) is 21.9. The molecule has 2 heterocycles. The quantitative estimate of drug-likeness (QED) is 0.205. The highest BCUT2D eigenvalue weighted by atomic mass is 16.3. The largest absolute Gasteiger partial charge is 0.455 e. The van der Waals surface area contributed by atoms with Gasteiger partial charge < -0.3 is 4.42 Å². The first-order valence-corrected chi connectivity index (χ1v) is 13.4. The number of aromatic nitrogens is 1. The van der Waals surface area contributed by atoms with Crippen molar-refractivity contribution in [2.45, 2.75) is 6.92 Å². The molecule has 7 aromatic rings. The van der Waals surface area contributed by atoms with Crippen molar-refractivity contribution >= 4 is 21.9 Å². The molecule has 0 radical (unpaired) electrons. The molecule has 0 atom stereocenters. The number of aryl methyl sites for hydroxylation is 2. The maximum Gasteiger partial charge on any atom is 0.224 e. The SMILES string of the molecule is Cc1ccc2c(oc3ccccc32)c1-c1c2c(cc[n+]1C)-c1ccccc1-c1ccccc1-c1ccccc1-2. The number of hydrogen-bond acceptors (Lipinski definition) is 1. The van der Waals surface area contributed by atoms with Gasteiger partial charge in [0.1, 0.15) is 18.2 Å². The molecule has 1 aliphatic rings. The highest BCUT2D eigenvalue weighted by Crippen LogP contribution is 2.50. The number of nitrogens with zero attached hydrogens (tertiary/aromatic N) is 1. The van der Waals surface area contributed by atoms with E-state index in [0.29, 0.717) is 0 Å². The molecule has 0 aliphatic heterocycles. The van der Waals surface area contributed by atoms with Crippen molar-refractivity contribution < 1.29 is 8.98 Å². The number of furan rings is 1. The molecule has 0 amide bonds. The summed E-state index contributed by atoms with van der Waals surface area (Å²) in [6.07, 6.45) is 2.20. The Morgan fingerprint density at radius 2 is 1.03 bits per heavy atom. The Kier molecular flexibility index (Phi) is 4.68. The predicted molar refractivity (Wildman–Crippen MR) is 160 cm³/mol. The van der Waals surface area contributed by atoms with Crippen molar-refractivity contribution in [1.82, 2.24) is 0 Å². The zero-order chi connectivity index (χ0) is 26.1. The topological polar surface area (TPSA) is 17.0 Å². The molecular weight excluding hydrogens is 474 g/mol. The van der Waals surface area contributed by atoms with Gasteiger partial charge in [-0.1, -0.05) is 103 Å². The van der Waals surface area contributed by atoms with E-state index in [2.05, 4.69) is 134 Å². The molecule has 8 rings (SSSR count). The molecule has 2 aromatic heterocycles. The summed E-state index contributed by atoms with van der Waals surface area (Å²) in [5, 5.41) is 2.29. The number of pyridine rings is 1. The summed E-state index contributed by atoms with van der Waals surface area (Å²) in [6, 6.07) is 41.5. The van der Waals surface area contributed by atoms with E-state index in [1.807, 2.05) is 6.07 Å². The third-order valence-corrected chi connectivity index (χ3v) is 8.24. The number of fused-ring (bicyclic) bond motifs is 11. The first-order chi connectivity index (χ1) is 19.2. The van der Waals surface area contributed by atoms with Crippen LogP contribution in [0.25, 0.3) is 77.7 Å². The molecule has 0 unspecified atom stereocenters. The van der Waals surface area contributed by atoms with Crippen LogP contribution in [0.3, 0.4) is 0 Å². The molecule has 0 saturated carbocycles. The molecule has 2 nitrogen and oxygen atoms in total. The third kappa shape index (κ3) is 3.12. The van der Waals surface area contributed by atoms with Gasteiger partial charge in [-0.2, -0.15) is 0 Å². The molecule has 2 heteroatoms. The lowest BCUT2D eigenvalue weighted by Gasteiger charge is -2.23. The molecular formula is C37H26NO+. The summed E-state index contributed by atoms with van der Waals surface area (Å²) in [6.45, 7) is 2.19. The van der Waals surface area contributed by atoms with Crippen LogP contribution >= 0.6 is 0 Å². The van der Waals surface area contributed by atoms with Gasteiger partial charge in [-0.3, -0.25) is 0 Å². The lowest BCUT2D eigenvalue weighted by atomic mass is 9.79. The zero-order valence-electron chi connectivity index (χ0n) is 21.9. The van der Waals surface area contributed by atoms with E-state index >= 15 is 0 Å². The fourth-order valence-corrected chi connectivity index (χ4v) is 6.47. The van der Waals surface area contributed by atoms with Gasteiger partial charge in [-0.15, -0.1) is 0 Å². The van der Waals surface area contributed by atoms with Gasteiger partial charge in [0.15, 0.2) is 6.20 Å². The number of para-hydroxylation sites is 1. The predicted octanol–water partition coefficient (Wildman–Crippen LogP) is 9.37. The lowest BCUT2D eigenvalue weighted by Crippen LogP contribution is -2.32. The highest BCUT2D eigenvalue weighted by Gasteiger charge is 2.31. The minimum atomic E-state index is 0.917. The summed E-state index contributed by atoms with van der Waals surface area (Å²) in [4.78, 5) is 0. The van der Waals surface area contributed by atoms with E-state index in [1.54, 1.807) is 0 Å². The van der Waals surface area contributed by atoms with E-state index in [0.717, 1.165) is 33.2 Å². The summed E-state index contributed by atoms with van der Waals surface area (Å²) < 4.78 is 8.89. The molecule has 39 heavy (non-hydrogen) atoms. The monoisotopic (exact) mass is 500 g/mol. The van der Waals surface area contributed by atoms with E-state index in [1.165, 1.54) is 50.1 Å². The highest BCUT2D eigenvalue weighted by molar-refractivity contribution is 6.12. The normalized spacial score (nSPS) is 11.8. The van der Waals surface area contributed by atoms with Gasteiger partial charge in [-0.25, -0.2) is 4.57 Å². The Morgan fingerprint density at radius 1 is 0.487 bits per heavy atom. The van der Waals surface area contributed by atoms with Gasteiger partial charge in [0, 0.05) is 22.4 Å². The Hall–Kier alpha value is -4.95. The van der Waals surface area contributed by atoms with Crippen molar-refractivity contribution in [3.8, 4) is 55.8 Å². The smallest absolute Gasteiger partial charge is 0.224 e. The van der Waals surface area contributed by atoms with Crippen LogP contribution in [-0.4, -0.2) is 0 Å². The van der Waals surface area contributed by atoms with Gasteiger partial charge in [-0.05, 0) is 51.9 Å². The Labute approximate surface area is 227 Å². The second-order valence-corrected chi connectivity index (χ2v) is 10.4. The van der Waals surface area contributed by atoms with E-state index < -0.39 is 0 Å². The van der Waals surface area contributed by atoms with E-state index in [9.17, 15) is 0 Å². The van der Waals surface area contributed by atoms with Gasteiger partial charge in [0.25, 0.3) is 0 Å². The molecule has 0 N–H and O–H groups in total. The molecule has 0 fully saturated rings. The van der Waals surface area contributed by atoms with Crippen LogP contribution in [0.2, 0.25) is 0 Å². The van der Waals surface area contributed by atoms with Crippen LogP contribution in [0.15, 0.2) is 126 Å². The minimum absolute atomic E-state index is 0.917. The fourth-order valence-electron chi connectivity index (χ4n) is 6.47. The Bertz CT molecular complexity index is 2090. The van der Waals surface area contributed by atoms with Crippen molar-refractivity contribution in [3.05, 3.63) is 127 Å². The third-order valence-electron chi connectivity index (χ3n) is 8.24. The van der Waals surface area contributed by atoms with Crippen molar-refractivity contribution in [3.63, 3.8) is 0 Å².